The van der Waals surface area contributed by atoms with Crippen molar-refractivity contribution < 1.29 is 9.53 Å². The number of thioether (sulfide) groups is 1. The second-order valence-electron chi connectivity index (χ2n) is 6.19. The van der Waals surface area contributed by atoms with Gasteiger partial charge in [-0.05, 0) is 43.7 Å². The van der Waals surface area contributed by atoms with Crippen LogP contribution in [0.1, 0.15) is 18.2 Å². The Balaban J connectivity index is 1.56. The molecule has 0 aliphatic carbocycles. The molecule has 0 bridgehead atoms. The lowest BCUT2D eigenvalue weighted by Crippen LogP contribution is -2.22. The molecule has 27 heavy (non-hydrogen) atoms. The largest absolute Gasteiger partial charge is 0.497 e. The zero-order chi connectivity index (χ0) is 19.2. The molecule has 1 aromatic heterocycles. The van der Waals surface area contributed by atoms with E-state index in [0.717, 1.165) is 33.3 Å². The average molecular weight is 399 g/mol. The van der Waals surface area contributed by atoms with Gasteiger partial charge in [-0.3, -0.25) is 4.79 Å². The summed E-state index contributed by atoms with van der Waals surface area (Å²) in [5.41, 5.74) is 3.99. The zero-order valence-electron chi connectivity index (χ0n) is 15.6. The number of aromatic nitrogens is 1. The van der Waals surface area contributed by atoms with Crippen LogP contribution in [-0.4, -0.2) is 23.3 Å². The molecule has 1 atom stereocenters. The summed E-state index contributed by atoms with van der Waals surface area (Å²) in [7, 11) is 1.66. The number of thiazole rings is 1. The molecular formula is C21H22N2O2S2. The van der Waals surface area contributed by atoms with E-state index in [0.29, 0.717) is 5.75 Å². The number of benzene rings is 2. The molecule has 3 aromatic rings. The van der Waals surface area contributed by atoms with Gasteiger partial charge in [-0.25, -0.2) is 4.98 Å². The predicted molar refractivity (Wildman–Crippen MR) is 115 cm³/mol. The van der Waals surface area contributed by atoms with E-state index in [-0.39, 0.29) is 11.2 Å². The van der Waals surface area contributed by atoms with Crippen LogP contribution < -0.4 is 10.1 Å². The number of ether oxygens (including phenoxy) is 1. The minimum absolute atomic E-state index is 0.00819. The Hall–Kier alpha value is -2.31. The summed E-state index contributed by atoms with van der Waals surface area (Å²) in [6, 6.07) is 15.7. The molecule has 0 aliphatic rings. The summed E-state index contributed by atoms with van der Waals surface area (Å²) in [4.78, 5) is 17.1. The van der Waals surface area contributed by atoms with Crippen molar-refractivity contribution in [1.29, 1.82) is 0 Å². The number of hydrogen-bond donors (Lipinski definition) is 1. The van der Waals surface area contributed by atoms with Crippen molar-refractivity contribution in [3.05, 3.63) is 65.2 Å². The van der Waals surface area contributed by atoms with Gasteiger partial charge in [0, 0.05) is 22.4 Å². The molecule has 3 rings (SSSR count). The van der Waals surface area contributed by atoms with Gasteiger partial charge in [0.1, 0.15) is 10.8 Å². The van der Waals surface area contributed by atoms with Gasteiger partial charge in [-0.2, -0.15) is 0 Å². The van der Waals surface area contributed by atoms with Gasteiger partial charge in [-0.1, -0.05) is 24.3 Å². The minimum Gasteiger partial charge on any atom is -0.497 e. The normalized spacial score (nSPS) is 11.8. The van der Waals surface area contributed by atoms with E-state index < -0.39 is 0 Å². The van der Waals surface area contributed by atoms with Crippen LogP contribution in [0.3, 0.4) is 0 Å². The first-order valence-corrected chi connectivity index (χ1v) is 10.6. The highest BCUT2D eigenvalue weighted by Gasteiger charge is 2.15. The molecule has 140 valence electrons. The zero-order valence-corrected chi connectivity index (χ0v) is 17.2. The quantitative estimate of drug-likeness (QED) is 0.580. The number of anilines is 1. The number of carbonyl (C=O) groups excluding carboxylic acids is 1. The van der Waals surface area contributed by atoms with E-state index in [9.17, 15) is 4.79 Å². The summed E-state index contributed by atoms with van der Waals surface area (Å²) >= 11 is 3.19. The monoisotopic (exact) mass is 398 g/mol. The van der Waals surface area contributed by atoms with E-state index in [4.69, 9.17) is 9.72 Å². The van der Waals surface area contributed by atoms with Crippen LogP contribution in [0.5, 0.6) is 5.75 Å². The Morgan fingerprint density at radius 1 is 1.26 bits per heavy atom. The summed E-state index contributed by atoms with van der Waals surface area (Å²) in [6.45, 7) is 3.93. The number of hydrogen-bond acceptors (Lipinski definition) is 5. The smallest absolute Gasteiger partial charge is 0.237 e. The minimum atomic E-state index is -0.160. The molecule has 0 fully saturated rings. The maximum absolute atomic E-state index is 12.4. The van der Waals surface area contributed by atoms with Gasteiger partial charge in [0.05, 0.1) is 18.1 Å². The Labute approximate surface area is 168 Å². The first kappa shape index (κ1) is 19.5. The first-order valence-electron chi connectivity index (χ1n) is 8.63. The number of rotatable bonds is 7. The lowest BCUT2D eigenvalue weighted by Gasteiger charge is -2.11. The van der Waals surface area contributed by atoms with Gasteiger partial charge in [-0.15, -0.1) is 23.1 Å². The Bertz CT molecular complexity index is 924. The third kappa shape index (κ3) is 5.34. The molecule has 0 aliphatic heterocycles. The summed E-state index contributed by atoms with van der Waals surface area (Å²) in [5, 5.41) is 5.82. The number of nitrogens with zero attached hydrogens (tertiary/aromatic N) is 1. The fourth-order valence-corrected chi connectivity index (χ4v) is 4.22. The lowest BCUT2D eigenvalue weighted by atomic mass is 10.2. The summed E-state index contributed by atoms with van der Waals surface area (Å²) in [5.74, 6) is 1.52. The van der Waals surface area contributed by atoms with Crippen LogP contribution in [0.2, 0.25) is 0 Å². The third-order valence-corrected chi connectivity index (χ3v) is 6.12. The van der Waals surface area contributed by atoms with Gasteiger partial charge in [0.15, 0.2) is 0 Å². The van der Waals surface area contributed by atoms with Gasteiger partial charge < -0.3 is 10.1 Å². The van der Waals surface area contributed by atoms with Gasteiger partial charge >= 0.3 is 0 Å². The van der Waals surface area contributed by atoms with Crippen LogP contribution in [-0.2, 0) is 10.5 Å². The van der Waals surface area contributed by atoms with Crippen LogP contribution in [0.4, 0.5) is 5.69 Å². The molecular weight excluding hydrogens is 376 g/mol. The van der Waals surface area contributed by atoms with E-state index in [1.165, 1.54) is 0 Å². The highest BCUT2D eigenvalue weighted by molar-refractivity contribution is 7.99. The summed E-state index contributed by atoms with van der Waals surface area (Å²) in [6.07, 6.45) is 0. The second-order valence-corrected chi connectivity index (χ2v) is 8.38. The number of nitrogens with one attached hydrogen (secondary N) is 1. The first-order chi connectivity index (χ1) is 13.0. The molecule has 6 heteroatoms. The van der Waals surface area contributed by atoms with Crippen molar-refractivity contribution in [2.45, 2.75) is 24.9 Å². The van der Waals surface area contributed by atoms with E-state index in [1.54, 1.807) is 30.2 Å². The van der Waals surface area contributed by atoms with Crippen LogP contribution in [0.25, 0.3) is 10.6 Å². The van der Waals surface area contributed by atoms with Crippen molar-refractivity contribution in [3.8, 4) is 16.3 Å². The highest BCUT2D eigenvalue weighted by atomic mass is 32.2. The SMILES string of the molecule is COc1cccc(-c2nc(CSC(C)C(=O)Nc3cccc(C)c3)cs2)c1. The third-order valence-electron chi connectivity index (χ3n) is 4.00. The van der Waals surface area contributed by atoms with E-state index in [1.807, 2.05) is 67.8 Å². The summed E-state index contributed by atoms with van der Waals surface area (Å²) < 4.78 is 5.27. The Kier molecular flexibility index (Phi) is 6.53. The van der Waals surface area contributed by atoms with Gasteiger partial charge in [0.2, 0.25) is 5.91 Å². The van der Waals surface area contributed by atoms with Crippen LogP contribution >= 0.6 is 23.1 Å². The van der Waals surface area contributed by atoms with Crippen molar-refractivity contribution in [2.24, 2.45) is 0 Å². The van der Waals surface area contributed by atoms with Crippen molar-refractivity contribution in [2.75, 3.05) is 12.4 Å². The molecule has 0 saturated carbocycles. The van der Waals surface area contributed by atoms with Crippen molar-refractivity contribution in [3.63, 3.8) is 0 Å². The van der Waals surface area contributed by atoms with Crippen LogP contribution in [0.15, 0.2) is 53.9 Å². The molecule has 0 spiro atoms. The topological polar surface area (TPSA) is 51.2 Å². The highest BCUT2D eigenvalue weighted by Crippen LogP contribution is 2.29. The molecule has 1 amide bonds. The van der Waals surface area contributed by atoms with Crippen molar-refractivity contribution >= 4 is 34.7 Å². The maximum atomic E-state index is 12.4. The molecule has 1 N–H and O–H groups in total. The number of amides is 1. The van der Waals surface area contributed by atoms with Gasteiger partial charge in [0.25, 0.3) is 0 Å². The van der Waals surface area contributed by atoms with E-state index in [2.05, 4.69) is 5.32 Å². The standard InChI is InChI=1S/C21H22N2O2S2/c1-14-6-4-8-17(10-14)22-20(24)15(2)26-12-18-13-27-21(23-18)16-7-5-9-19(11-16)25-3/h4-11,13,15H,12H2,1-3H3,(H,22,24). The molecule has 4 nitrogen and oxygen atoms in total. The fraction of sp³-hybridized carbons (Fsp3) is 0.238. The predicted octanol–water partition coefficient (Wildman–Crippen LogP) is 5.39. The second kappa shape index (κ2) is 9.06. The lowest BCUT2D eigenvalue weighted by molar-refractivity contribution is -0.115. The number of aryl methyl sites for hydroxylation is 1. The Morgan fingerprint density at radius 2 is 2.07 bits per heavy atom. The number of methoxy groups -OCH3 is 1. The van der Waals surface area contributed by atoms with E-state index >= 15 is 0 Å². The Morgan fingerprint density at radius 3 is 2.85 bits per heavy atom. The molecule has 2 aromatic carbocycles. The fourth-order valence-electron chi connectivity index (χ4n) is 2.51. The maximum Gasteiger partial charge on any atom is 0.237 e. The molecule has 1 unspecified atom stereocenters. The van der Waals surface area contributed by atoms with Crippen LogP contribution in [0, 0.1) is 6.92 Å². The number of carbonyl (C=O) groups is 1. The molecule has 0 saturated heterocycles. The molecule has 1 heterocycles. The average Bonchev–Trinajstić information content (AvgIpc) is 3.15. The van der Waals surface area contributed by atoms with Crippen molar-refractivity contribution in [1.82, 2.24) is 4.98 Å². The molecule has 0 radical (unpaired) electrons.